The molecule has 0 amide bonds. The topological polar surface area (TPSA) is 45.8 Å². The van der Waals surface area contributed by atoms with Crippen molar-refractivity contribution in [1.29, 1.82) is 0 Å². The summed E-state index contributed by atoms with van der Waals surface area (Å²) in [5, 5.41) is 0. The van der Waals surface area contributed by atoms with Gasteiger partial charge in [0.2, 0.25) is 0 Å². The number of H-pyrrole nitrogens is 1. The molecule has 1 aromatic carbocycles. The summed E-state index contributed by atoms with van der Waals surface area (Å²) in [6, 6.07) is 4.76. The number of hydrogen-bond donors (Lipinski definition) is 1. The standard InChI is InChI=1S/C11H9FN2O/c1-7-4-8(2-3-10(7)12)9-5-13-11(15)14-6-9/h2-6H,1H3,(H,13,14,15). The first-order valence-corrected chi connectivity index (χ1v) is 4.48. The van der Waals surface area contributed by atoms with Crippen LogP contribution in [0.5, 0.6) is 0 Å². The molecule has 2 rings (SSSR count). The molecule has 0 aliphatic rings. The van der Waals surface area contributed by atoms with Crippen molar-refractivity contribution < 1.29 is 4.39 Å². The molecule has 0 aliphatic heterocycles. The first-order chi connectivity index (χ1) is 7.16. The number of hydrogen-bond acceptors (Lipinski definition) is 2. The van der Waals surface area contributed by atoms with E-state index in [1.807, 2.05) is 0 Å². The highest BCUT2D eigenvalue weighted by Gasteiger charge is 2.01. The van der Waals surface area contributed by atoms with E-state index < -0.39 is 5.69 Å². The molecule has 3 nitrogen and oxygen atoms in total. The van der Waals surface area contributed by atoms with Gasteiger partial charge in [-0.3, -0.25) is 0 Å². The van der Waals surface area contributed by atoms with Gasteiger partial charge >= 0.3 is 5.69 Å². The average Bonchev–Trinajstić information content (AvgIpc) is 2.23. The Labute approximate surface area is 85.6 Å². The average molecular weight is 204 g/mol. The van der Waals surface area contributed by atoms with Gasteiger partial charge in [-0.05, 0) is 30.2 Å². The van der Waals surface area contributed by atoms with Crippen LogP contribution in [-0.2, 0) is 0 Å². The van der Waals surface area contributed by atoms with Crippen LogP contribution in [0.4, 0.5) is 4.39 Å². The van der Waals surface area contributed by atoms with Crippen molar-refractivity contribution in [3.63, 3.8) is 0 Å². The van der Waals surface area contributed by atoms with Crippen molar-refractivity contribution in [2.24, 2.45) is 0 Å². The van der Waals surface area contributed by atoms with Crippen LogP contribution < -0.4 is 5.69 Å². The van der Waals surface area contributed by atoms with Crippen molar-refractivity contribution in [2.75, 3.05) is 0 Å². The number of halogens is 1. The zero-order valence-corrected chi connectivity index (χ0v) is 8.12. The largest absolute Gasteiger partial charge is 0.344 e. The lowest BCUT2D eigenvalue weighted by Gasteiger charge is -2.02. The van der Waals surface area contributed by atoms with Gasteiger partial charge in [0.25, 0.3) is 0 Å². The predicted molar refractivity (Wildman–Crippen MR) is 55.0 cm³/mol. The van der Waals surface area contributed by atoms with E-state index in [1.165, 1.54) is 12.3 Å². The molecule has 0 saturated heterocycles. The van der Waals surface area contributed by atoms with Gasteiger partial charge < -0.3 is 4.98 Å². The summed E-state index contributed by atoms with van der Waals surface area (Å²) in [4.78, 5) is 16.8. The summed E-state index contributed by atoms with van der Waals surface area (Å²) in [5.41, 5.74) is 1.77. The van der Waals surface area contributed by atoms with Gasteiger partial charge in [0.05, 0.1) is 0 Å². The van der Waals surface area contributed by atoms with Gasteiger partial charge in [0.1, 0.15) is 5.82 Å². The number of rotatable bonds is 1. The molecule has 0 atom stereocenters. The second-order valence-electron chi connectivity index (χ2n) is 3.27. The second-order valence-corrected chi connectivity index (χ2v) is 3.27. The van der Waals surface area contributed by atoms with Crippen LogP contribution in [-0.4, -0.2) is 9.97 Å². The summed E-state index contributed by atoms with van der Waals surface area (Å²) in [6.07, 6.45) is 3.02. The Balaban J connectivity index is 2.50. The molecule has 0 fully saturated rings. The van der Waals surface area contributed by atoms with E-state index >= 15 is 0 Å². The summed E-state index contributed by atoms with van der Waals surface area (Å²) < 4.78 is 13.0. The van der Waals surface area contributed by atoms with Gasteiger partial charge in [0, 0.05) is 18.0 Å². The van der Waals surface area contributed by atoms with Gasteiger partial charge in [-0.25, -0.2) is 14.2 Å². The minimum absolute atomic E-state index is 0.240. The van der Waals surface area contributed by atoms with Crippen molar-refractivity contribution in [3.8, 4) is 11.1 Å². The minimum atomic E-state index is -0.391. The van der Waals surface area contributed by atoms with Crippen LogP contribution in [0.1, 0.15) is 5.56 Å². The first-order valence-electron chi connectivity index (χ1n) is 4.48. The third-order valence-electron chi connectivity index (χ3n) is 2.16. The number of aromatic nitrogens is 2. The van der Waals surface area contributed by atoms with Crippen molar-refractivity contribution in [3.05, 3.63) is 52.5 Å². The van der Waals surface area contributed by atoms with Crippen molar-refractivity contribution >= 4 is 0 Å². The maximum atomic E-state index is 13.0. The monoisotopic (exact) mass is 204 g/mol. The fraction of sp³-hybridized carbons (Fsp3) is 0.0909. The van der Waals surface area contributed by atoms with E-state index in [0.29, 0.717) is 5.56 Å². The smallest absolute Gasteiger partial charge is 0.312 e. The lowest BCUT2D eigenvalue weighted by molar-refractivity contribution is 0.619. The summed E-state index contributed by atoms with van der Waals surface area (Å²) >= 11 is 0. The molecule has 1 N–H and O–H groups in total. The third-order valence-corrected chi connectivity index (χ3v) is 2.16. The van der Waals surface area contributed by atoms with Gasteiger partial charge in [-0.2, -0.15) is 0 Å². The Morgan fingerprint density at radius 1 is 1.33 bits per heavy atom. The molecule has 4 heteroatoms. The number of aryl methyl sites for hydroxylation is 1. The van der Waals surface area contributed by atoms with Crippen LogP contribution in [0.25, 0.3) is 11.1 Å². The Hall–Kier alpha value is -1.97. The van der Waals surface area contributed by atoms with Crippen LogP contribution in [0.3, 0.4) is 0 Å². The molecule has 1 heterocycles. The quantitative estimate of drug-likeness (QED) is 0.770. The molecule has 0 saturated carbocycles. The zero-order valence-electron chi connectivity index (χ0n) is 8.12. The zero-order chi connectivity index (χ0) is 10.8. The van der Waals surface area contributed by atoms with Gasteiger partial charge in [-0.1, -0.05) is 6.07 Å². The van der Waals surface area contributed by atoms with E-state index in [-0.39, 0.29) is 5.82 Å². The number of nitrogens with zero attached hydrogens (tertiary/aromatic N) is 1. The molecular weight excluding hydrogens is 195 g/mol. The van der Waals surface area contributed by atoms with Crippen LogP contribution in [0, 0.1) is 12.7 Å². The molecule has 2 aromatic rings. The van der Waals surface area contributed by atoms with E-state index in [9.17, 15) is 9.18 Å². The van der Waals surface area contributed by atoms with E-state index in [2.05, 4.69) is 9.97 Å². The molecule has 0 radical (unpaired) electrons. The van der Waals surface area contributed by atoms with Gasteiger partial charge in [0.15, 0.2) is 0 Å². The van der Waals surface area contributed by atoms with E-state index in [4.69, 9.17) is 0 Å². The number of aromatic amines is 1. The molecule has 0 bridgehead atoms. The number of nitrogens with one attached hydrogen (secondary N) is 1. The minimum Gasteiger partial charge on any atom is -0.312 e. The van der Waals surface area contributed by atoms with Crippen molar-refractivity contribution in [2.45, 2.75) is 6.92 Å². The maximum Gasteiger partial charge on any atom is 0.344 e. The Bertz CT molecular complexity index is 528. The Morgan fingerprint density at radius 3 is 2.73 bits per heavy atom. The fourth-order valence-electron chi connectivity index (χ4n) is 1.32. The maximum absolute atomic E-state index is 13.0. The fourth-order valence-corrected chi connectivity index (χ4v) is 1.32. The first kappa shape index (κ1) is 9.58. The lowest BCUT2D eigenvalue weighted by Crippen LogP contribution is -2.07. The SMILES string of the molecule is Cc1cc(-c2cnc(=O)[nH]c2)ccc1F. The number of benzene rings is 1. The van der Waals surface area contributed by atoms with Crippen molar-refractivity contribution in [1.82, 2.24) is 9.97 Å². The van der Waals surface area contributed by atoms with E-state index in [0.717, 1.165) is 11.1 Å². The second kappa shape index (κ2) is 3.65. The molecule has 0 spiro atoms. The normalized spacial score (nSPS) is 10.3. The highest BCUT2D eigenvalue weighted by molar-refractivity contribution is 5.62. The molecule has 0 aliphatic carbocycles. The molecular formula is C11H9FN2O. The summed E-state index contributed by atoms with van der Waals surface area (Å²) in [6.45, 7) is 1.69. The van der Waals surface area contributed by atoms with Crippen LogP contribution in [0.2, 0.25) is 0 Å². The van der Waals surface area contributed by atoms with Gasteiger partial charge in [-0.15, -0.1) is 0 Å². The summed E-state index contributed by atoms with van der Waals surface area (Å²) in [5.74, 6) is -0.240. The van der Waals surface area contributed by atoms with Crippen LogP contribution >= 0.6 is 0 Å². The predicted octanol–water partition coefficient (Wildman–Crippen LogP) is 1.88. The molecule has 1 aromatic heterocycles. The molecule has 76 valence electrons. The van der Waals surface area contributed by atoms with Crippen LogP contribution in [0.15, 0.2) is 35.4 Å². The highest BCUT2D eigenvalue weighted by atomic mass is 19.1. The molecule has 0 unspecified atom stereocenters. The van der Waals surface area contributed by atoms with E-state index in [1.54, 1.807) is 25.3 Å². The summed E-state index contributed by atoms with van der Waals surface area (Å²) in [7, 11) is 0. The lowest BCUT2D eigenvalue weighted by atomic mass is 10.1. The molecule has 15 heavy (non-hydrogen) atoms. The third kappa shape index (κ3) is 1.93. The Morgan fingerprint density at radius 2 is 2.13 bits per heavy atom. The highest BCUT2D eigenvalue weighted by Crippen LogP contribution is 2.19. The Kier molecular flexibility index (Phi) is 2.33.